The highest BCUT2D eigenvalue weighted by Gasteiger charge is 2.36. The number of fused-ring (bicyclic) bond motifs is 1. The summed E-state index contributed by atoms with van der Waals surface area (Å²) >= 11 is 6.39. The Morgan fingerprint density at radius 3 is 2.31 bits per heavy atom. The van der Waals surface area contributed by atoms with E-state index in [1.54, 1.807) is 48.5 Å². The second-order valence-corrected chi connectivity index (χ2v) is 8.61. The molecule has 2 heterocycles. The second kappa shape index (κ2) is 9.13. The van der Waals surface area contributed by atoms with Gasteiger partial charge in [0, 0.05) is 16.6 Å². The number of aromatic nitrogens is 2. The van der Waals surface area contributed by atoms with E-state index in [-0.39, 0.29) is 35.2 Å². The van der Waals surface area contributed by atoms with Gasteiger partial charge in [-0.15, -0.1) is 0 Å². The van der Waals surface area contributed by atoms with Crippen LogP contribution < -0.4 is 21.7 Å². The molecule has 6 nitrogen and oxygen atoms in total. The van der Waals surface area contributed by atoms with E-state index in [9.17, 15) is 18.4 Å². The van der Waals surface area contributed by atoms with Crippen molar-refractivity contribution in [2.45, 2.75) is 18.6 Å². The van der Waals surface area contributed by atoms with Gasteiger partial charge in [0.25, 0.3) is 5.56 Å². The minimum absolute atomic E-state index is 0.0229. The predicted molar refractivity (Wildman–Crippen MR) is 129 cm³/mol. The Labute approximate surface area is 203 Å². The Hall–Kier alpha value is -3.75. The first-order valence-electron chi connectivity index (χ1n) is 10.9. The Bertz CT molecular complexity index is 1520. The van der Waals surface area contributed by atoms with Gasteiger partial charge < -0.3 is 10.5 Å². The predicted octanol–water partition coefficient (Wildman–Crippen LogP) is 4.29. The number of benzene rings is 3. The van der Waals surface area contributed by atoms with Crippen molar-refractivity contribution in [3.63, 3.8) is 0 Å². The number of hydrogen-bond acceptors (Lipinski definition) is 4. The van der Waals surface area contributed by atoms with Crippen LogP contribution in [-0.2, 0) is 6.54 Å². The molecule has 1 aliphatic rings. The molecule has 0 saturated carbocycles. The summed E-state index contributed by atoms with van der Waals surface area (Å²) in [6.45, 7) is -0.398. The largest absolute Gasteiger partial charge is 0.476 e. The van der Waals surface area contributed by atoms with E-state index in [4.69, 9.17) is 22.1 Å². The molecule has 0 bridgehead atoms. The molecule has 2 N–H and O–H groups in total. The molecule has 5 rings (SSSR count). The van der Waals surface area contributed by atoms with Gasteiger partial charge in [0.2, 0.25) is 5.88 Å². The first-order chi connectivity index (χ1) is 16.9. The Morgan fingerprint density at radius 2 is 1.63 bits per heavy atom. The highest BCUT2D eigenvalue weighted by Crippen LogP contribution is 2.38. The van der Waals surface area contributed by atoms with Crippen LogP contribution in [0.2, 0.25) is 5.02 Å². The fraction of sp³-hybridized carbons (Fsp3) is 0.154. The first-order valence-corrected chi connectivity index (χ1v) is 11.3. The van der Waals surface area contributed by atoms with E-state index >= 15 is 0 Å². The van der Waals surface area contributed by atoms with E-state index < -0.39 is 35.0 Å². The van der Waals surface area contributed by atoms with Crippen molar-refractivity contribution in [1.29, 1.82) is 0 Å². The molecule has 0 amide bonds. The van der Waals surface area contributed by atoms with Gasteiger partial charge in [0.05, 0.1) is 12.1 Å². The molecule has 0 fully saturated rings. The SMILES string of the molecule is NC(Cn1c(=O)c(-c2ccccc2Cl)c2n(c1=O)C(c1c(F)cccc1F)CO2)c1ccccc1. The monoisotopic (exact) mass is 495 g/mol. The molecular formula is C26H20ClF2N3O3. The van der Waals surface area contributed by atoms with Crippen LogP contribution in [0.4, 0.5) is 8.78 Å². The lowest BCUT2D eigenvalue weighted by atomic mass is 10.0. The van der Waals surface area contributed by atoms with Crippen molar-refractivity contribution in [1.82, 2.24) is 9.13 Å². The van der Waals surface area contributed by atoms with Crippen LogP contribution in [0.3, 0.4) is 0 Å². The van der Waals surface area contributed by atoms with Gasteiger partial charge in [0.1, 0.15) is 29.8 Å². The van der Waals surface area contributed by atoms with Crippen molar-refractivity contribution in [2.75, 3.05) is 6.61 Å². The molecule has 2 atom stereocenters. The molecule has 2 unspecified atom stereocenters. The van der Waals surface area contributed by atoms with Gasteiger partial charge in [0.15, 0.2) is 0 Å². The molecule has 0 spiro atoms. The quantitative estimate of drug-likeness (QED) is 0.448. The van der Waals surface area contributed by atoms with Gasteiger partial charge in [-0.3, -0.25) is 13.9 Å². The summed E-state index contributed by atoms with van der Waals surface area (Å²) in [6, 6.07) is 17.2. The molecule has 4 aromatic rings. The minimum Gasteiger partial charge on any atom is -0.476 e. The smallest absolute Gasteiger partial charge is 0.334 e. The van der Waals surface area contributed by atoms with Gasteiger partial charge in [-0.2, -0.15) is 0 Å². The third-order valence-corrected chi connectivity index (χ3v) is 6.43. The van der Waals surface area contributed by atoms with E-state index in [1.165, 1.54) is 6.07 Å². The number of ether oxygens (including phenoxy) is 1. The molecule has 0 radical (unpaired) electrons. The van der Waals surface area contributed by atoms with Crippen molar-refractivity contribution in [3.8, 4) is 17.0 Å². The van der Waals surface area contributed by atoms with E-state index in [2.05, 4.69) is 0 Å². The van der Waals surface area contributed by atoms with E-state index in [0.29, 0.717) is 5.56 Å². The summed E-state index contributed by atoms with van der Waals surface area (Å²) in [4.78, 5) is 27.3. The van der Waals surface area contributed by atoms with Crippen LogP contribution in [0.1, 0.15) is 23.2 Å². The summed E-state index contributed by atoms with van der Waals surface area (Å²) in [5.41, 5.74) is 5.65. The van der Waals surface area contributed by atoms with Crippen LogP contribution >= 0.6 is 11.6 Å². The Balaban J connectivity index is 1.77. The maximum Gasteiger partial charge on any atom is 0.334 e. The van der Waals surface area contributed by atoms with Crippen molar-refractivity contribution in [2.24, 2.45) is 5.73 Å². The Morgan fingerprint density at radius 1 is 0.971 bits per heavy atom. The van der Waals surface area contributed by atoms with Crippen molar-refractivity contribution in [3.05, 3.63) is 121 Å². The average molecular weight is 496 g/mol. The first kappa shape index (κ1) is 23.0. The molecule has 178 valence electrons. The topological polar surface area (TPSA) is 79.2 Å². The van der Waals surface area contributed by atoms with Gasteiger partial charge in [-0.1, -0.05) is 66.2 Å². The standard InChI is InChI=1S/C26H20ClF2N3O3/c27-17-10-5-4-9-16(17)22-24(33)31(13-20(30)15-7-2-1-3-8-15)26(34)32-21(14-35-25(22)32)23-18(28)11-6-12-19(23)29/h1-12,20-21H,13-14,30H2. The van der Waals surface area contributed by atoms with Crippen molar-refractivity contribution < 1.29 is 13.5 Å². The average Bonchev–Trinajstić information content (AvgIpc) is 3.28. The van der Waals surface area contributed by atoms with Crippen LogP contribution in [0.15, 0.2) is 82.4 Å². The second-order valence-electron chi connectivity index (χ2n) is 8.21. The summed E-state index contributed by atoms with van der Waals surface area (Å²) in [6.07, 6.45) is 0. The zero-order valence-corrected chi connectivity index (χ0v) is 19.1. The summed E-state index contributed by atoms with van der Waals surface area (Å²) in [7, 11) is 0. The maximum atomic E-state index is 14.7. The summed E-state index contributed by atoms with van der Waals surface area (Å²) < 4.78 is 37.2. The maximum absolute atomic E-state index is 14.7. The molecule has 9 heteroatoms. The van der Waals surface area contributed by atoms with Crippen molar-refractivity contribution >= 4 is 11.6 Å². The molecule has 35 heavy (non-hydrogen) atoms. The fourth-order valence-electron chi connectivity index (χ4n) is 4.40. The third-order valence-electron chi connectivity index (χ3n) is 6.10. The number of halogens is 3. The third kappa shape index (κ3) is 3.94. The molecule has 0 aliphatic carbocycles. The molecule has 3 aromatic carbocycles. The van der Waals surface area contributed by atoms with Crippen LogP contribution in [0.5, 0.6) is 5.88 Å². The number of nitrogens with zero attached hydrogens (tertiary/aromatic N) is 2. The van der Waals surface area contributed by atoms with E-state index in [0.717, 1.165) is 26.8 Å². The molecular weight excluding hydrogens is 476 g/mol. The van der Waals surface area contributed by atoms with Crippen LogP contribution in [-0.4, -0.2) is 15.7 Å². The highest BCUT2D eigenvalue weighted by atomic mass is 35.5. The number of rotatable bonds is 5. The van der Waals surface area contributed by atoms with Gasteiger partial charge in [-0.05, 0) is 23.8 Å². The molecule has 0 saturated heterocycles. The lowest BCUT2D eigenvalue weighted by molar-refractivity contribution is 0.337. The number of hydrogen-bond donors (Lipinski definition) is 1. The van der Waals surface area contributed by atoms with Gasteiger partial charge >= 0.3 is 5.69 Å². The zero-order chi connectivity index (χ0) is 24.7. The van der Waals surface area contributed by atoms with Crippen LogP contribution in [0.25, 0.3) is 11.1 Å². The Kier molecular flexibility index (Phi) is 6.00. The number of nitrogens with two attached hydrogens (primary N) is 1. The molecule has 1 aromatic heterocycles. The highest BCUT2D eigenvalue weighted by molar-refractivity contribution is 6.33. The zero-order valence-electron chi connectivity index (χ0n) is 18.3. The summed E-state index contributed by atoms with van der Waals surface area (Å²) in [5.74, 6) is -1.74. The van der Waals surface area contributed by atoms with Gasteiger partial charge in [-0.25, -0.2) is 13.6 Å². The normalized spacial score (nSPS) is 15.5. The van der Waals surface area contributed by atoms with Crippen LogP contribution in [0, 0.1) is 11.6 Å². The fourth-order valence-corrected chi connectivity index (χ4v) is 4.63. The summed E-state index contributed by atoms with van der Waals surface area (Å²) in [5, 5.41) is 0.258. The lowest BCUT2D eigenvalue weighted by Gasteiger charge is -2.19. The van der Waals surface area contributed by atoms with E-state index in [1.807, 2.05) is 6.07 Å². The molecule has 1 aliphatic heterocycles. The minimum atomic E-state index is -1.13. The lowest BCUT2D eigenvalue weighted by Crippen LogP contribution is -2.43.